The van der Waals surface area contributed by atoms with Gasteiger partial charge in [0.15, 0.2) is 0 Å². The minimum atomic E-state index is -0.214. The van der Waals surface area contributed by atoms with E-state index in [2.05, 4.69) is 41.5 Å². The Balaban J connectivity index is 1.75. The van der Waals surface area contributed by atoms with E-state index in [1.54, 1.807) is 14.2 Å². The van der Waals surface area contributed by atoms with Crippen LogP contribution in [0.1, 0.15) is 41.5 Å². The molecule has 0 aromatic carbocycles. The van der Waals surface area contributed by atoms with Crippen LogP contribution in [0.5, 0.6) is 0 Å². The van der Waals surface area contributed by atoms with Crippen LogP contribution in [-0.4, -0.2) is 89.9 Å². The van der Waals surface area contributed by atoms with E-state index in [4.69, 9.17) is 37.9 Å². The van der Waals surface area contributed by atoms with Crippen molar-refractivity contribution in [1.29, 1.82) is 0 Å². The third-order valence-corrected chi connectivity index (χ3v) is 7.41. The highest BCUT2D eigenvalue weighted by Gasteiger charge is 2.62. The van der Waals surface area contributed by atoms with Gasteiger partial charge in [-0.05, 0) is 10.8 Å². The van der Waals surface area contributed by atoms with Crippen molar-refractivity contribution in [2.45, 2.75) is 90.4 Å². The molecule has 0 aliphatic carbocycles. The molecule has 10 atom stereocenters. The Morgan fingerprint density at radius 2 is 1.12 bits per heavy atom. The van der Waals surface area contributed by atoms with Crippen LogP contribution in [0.3, 0.4) is 0 Å². The summed E-state index contributed by atoms with van der Waals surface area (Å²) in [4.78, 5) is 0. The van der Waals surface area contributed by atoms with Gasteiger partial charge in [0.2, 0.25) is 0 Å². The highest BCUT2D eigenvalue weighted by atomic mass is 16.7. The van der Waals surface area contributed by atoms with Gasteiger partial charge in [-0.2, -0.15) is 0 Å². The second kappa shape index (κ2) is 9.38. The van der Waals surface area contributed by atoms with E-state index in [0.29, 0.717) is 13.2 Å². The zero-order chi connectivity index (χ0) is 23.3. The Labute approximate surface area is 192 Å². The lowest BCUT2D eigenvalue weighted by molar-refractivity contribution is -0.273. The summed E-state index contributed by atoms with van der Waals surface area (Å²) < 4.78 is 49.0. The van der Waals surface area contributed by atoms with Gasteiger partial charge in [-0.25, -0.2) is 0 Å². The zero-order valence-electron chi connectivity index (χ0n) is 20.9. The monoisotopic (exact) mass is 458 g/mol. The van der Waals surface area contributed by atoms with Crippen molar-refractivity contribution in [2.24, 2.45) is 22.7 Å². The molecule has 0 aromatic rings. The first-order valence-electron chi connectivity index (χ1n) is 11.8. The third kappa shape index (κ3) is 4.50. The first-order chi connectivity index (χ1) is 15.1. The van der Waals surface area contributed by atoms with Crippen LogP contribution in [0.2, 0.25) is 0 Å². The highest BCUT2D eigenvalue weighted by Crippen LogP contribution is 2.51. The summed E-state index contributed by atoms with van der Waals surface area (Å²) in [5.41, 5.74) is -0.222. The molecule has 0 spiro atoms. The third-order valence-electron chi connectivity index (χ3n) is 7.41. The average molecular weight is 459 g/mol. The second-order valence-electron chi connectivity index (χ2n) is 11.7. The van der Waals surface area contributed by atoms with Gasteiger partial charge in [-0.1, -0.05) is 41.5 Å². The maximum atomic E-state index is 6.87. The molecule has 0 N–H and O–H groups in total. The summed E-state index contributed by atoms with van der Waals surface area (Å²) in [6.07, 6.45) is -1.24. The molecule has 4 aliphatic rings. The molecule has 4 heterocycles. The standard InChI is InChI=1S/C24H42O8/c1-23(2,3)16-19(31-13(9-25-7)18-21(16)30-12-28-18)15-20-17(27-11-29-20)14(10-26-8)32-22(15)24(4,5)6/h13-22H,9-12H2,1-8H3. The van der Waals surface area contributed by atoms with E-state index in [9.17, 15) is 0 Å². The van der Waals surface area contributed by atoms with Crippen molar-refractivity contribution in [3.8, 4) is 0 Å². The first kappa shape index (κ1) is 24.8. The van der Waals surface area contributed by atoms with Crippen molar-refractivity contribution in [2.75, 3.05) is 41.0 Å². The Morgan fingerprint density at radius 3 is 1.66 bits per heavy atom. The van der Waals surface area contributed by atoms with Crippen molar-refractivity contribution in [3.63, 3.8) is 0 Å². The fourth-order valence-corrected chi connectivity index (χ4v) is 6.18. The lowest BCUT2D eigenvalue weighted by atomic mass is 9.62. The SMILES string of the molecule is COCC1OC(C(C)(C)C)C(C2OC(COC)C3OCOC3C2C(C)(C)C)C2OCOC12. The average Bonchev–Trinajstić information content (AvgIpc) is 3.36. The van der Waals surface area contributed by atoms with Crippen molar-refractivity contribution < 1.29 is 37.9 Å². The minimum absolute atomic E-state index is 0.0377. The predicted octanol–water partition coefficient (Wildman–Crippen LogP) is 2.62. The van der Waals surface area contributed by atoms with E-state index < -0.39 is 0 Å². The van der Waals surface area contributed by atoms with E-state index in [0.717, 1.165) is 0 Å². The summed E-state index contributed by atoms with van der Waals surface area (Å²) in [6.45, 7) is 14.8. The summed E-state index contributed by atoms with van der Waals surface area (Å²) in [7, 11) is 3.39. The van der Waals surface area contributed by atoms with Gasteiger partial charge in [0, 0.05) is 26.1 Å². The Morgan fingerprint density at radius 1 is 0.625 bits per heavy atom. The molecule has 0 saturated carbocycles. The molecule has 4 fully saturated rings. The molecule has 0 bridgehead atoms. The van der Waals surface area contributed by atoms with Crippen LogP contribution < -0.4 is 0 Å². The summed E-state index contributed by atoms with van der Waals surface area (Å²) in [6, 6.07) is 0. The fraction of sp³-hybridized carbons (Fsp3) is 1.00. The van der Waals surface area contributed by atoms with Gasteiger partial charge in [0.05, 0.1) is 37.6 Å². The maximum Gasteiger partial charge on any atom is 0.147 e. The van der Waals surface area contributed by atoms with Crippen LogP contribution in [0.4, 0.5) is 0 Å². The summed E-state index contributed by atoms with van der Waals surface area (Å²) in [5, 5.41) is 0. The Bertz CT molecular complexity index is 628. The lowest BCUT2D eigenvalue weighted by Gasteiger charge is -2.56. The van der Waals surface area contributed by atoms with E-state index >= 15 is 0 Å². The fourth-order valence-electron chi connectivity index (χ4n) is 6.18. The van der Waals surface area contributed by atoms with Crippen molar-refractivity contribution >= 4 is 0 Å². The summed E-state index contributed by atoms with van der Waals surface area (Å²) >= 11 is 0. The summed E-state index contributed by atoms with van der Waals surface area (Å²) in [5.74, 6) is 0.0507. The normalized spacial score (nSPS) is 45.0. The zero-order valence-corrected chi connectivity index (χ0v) is 20.9. The molecule has 186 valence electrons. The second-order valence-corrected chi connectivity index (χ2v) is 11.7. The van der Waals surface area contributed by atoms with Gasteiger partial charge < -0.3 is 37.9 Å². The van der Waals surface area contributed by atoms with E-state index in [1.807, 2.05) is 0 Å². The molecule has 0 amide bonds. The molecule has 10 unspecified atom stereocenters. The molecular weight excluding hydrogens is 416 g/mol. The minimum Gasteiger partial charge on any atom is -0.382 e. The molecular formula is C24H42O8. The Hall–Kier alpha value is -0.320. The molecule has 0 aromatic heterocycles. The van der Waals surface area contributed by atoms with Gasteiger partial charge in [0.1, 0.15) is 38.0 Å². The maximum absolute atomic E-state index is 6.87. The van der Waals surface area contributed by atoms with Crippen LogP contribution >= 0.6 is 0 Å². The van der Waals surface area contributed by atoms with E-state index in [-0.39, 0.29) is 85.1 Å². The van der Waals surface area contributed by atoms with Crippen LogP contribution in [-0.2, 0) is 37.9 Å². The number of hydrogen-bond donors (Lipinski definition) is 0. The van der Waals surface area contributed by atoms with Crippen LogP contribution in [0, 0.1) is 22.7 Å². The highest BCUT2D eigenvalue weighted by molar-refractivity contribution is 5.09. The van der Waals surface area contributed by atoms with Crippen molar-refractivity contribution in [1.82, 2.24) is 0 Å². The van der Waals surface area contributed by atoms with E-state index in [1.165, 1.54) is 0 Å². The van der Waals surface area contributed by atoms with Gasteiger partial charge in [-0.3, -0.25) is 0 Å². The topological polar surface area (TPSA) is 73.8 Å². The van der Waals surface area contributed by atoms with Gasteiger partial charge >= 0.3 is 0 Å². The molecule has 4 saturated heterocycles. The smallest absolute Gasteiger partial charge is 0.147 e. The molecule has 0 radical (unpaired) electrons. The number of methoxy groups -OCH3 is 2. The van der Waals surface area contributed by atoms with Gasteiger partial charge in [0.25, 0.3) is 0 Å². The van der Waals surface area contributed by atoms with Crippen LogP contribution in [0.15, 0.2) is 0 Å². The quantitative estimate of drug-likeness (QED) is 0.623. The Kier molecular flexibility index (Phi) is 7.27. The number of ether oxygens (including phenoxy) is 8. The molecule has 4 aliphatic heterocycles. The molecule has 32 heavy (non-hydrogen) atoms. The first-order valence-corrected chi connectivity index (χ1v) is 11.8. The molecule has 4 rings (SSSR count). The van der Waals surface area contributed by atoms with Crippen LogP contribution in [0.25, 0.3) is 0 Å². The molecule has 8 heteroatoms. The largest absolute Gasteiger partial charge is 0.382 e. The predicted molar refractivity (Wildman–Crippen MR) is 116 cm³/mol. The number of fused-ring (bicyclic) bond motifs is 2. The number of rotatable bonds is 5. The van der Waals surface area contributed by atoms with Gasteiger partial charge in [-0.15, -0.1) is 0 Å². The van der Waals surface area contributed by atoms with Crippen molar-refractivity contribution in [3.05, 3.63) is 0 Å². The number of hydrogen-bond acceptors (Lipinski definition) is 8. The molecule has 8 nitrogen and oxygen atoms in total. The lowest BCUT2D eigenvalue weighted by Crippen LogP contribution is -2.67.